The number of rotatable bonds is 8. The van der Waals surface area contributed by atoms with E-state index in [9.17, 15) is 23.7 Å². The summed E-state index contributed by atoms with van der Waals surface area (Å²) < 4.78 is 67.4. The molecule has 0 radical (unpaired) electrons. The molecule has 0 bridgehead atoms. The Bertz CT molecular complexity index is 1150. The quantitative estimate of drug-likeness (QED) is 0.253. The van der Waals surface area contributed by atoms with Crippen molar-refractivity contribution in [2.24, 2.45) is 0 Å². The molecule has 20 heteroatoms. The van der Waals surface area contributed by atoms with Gasteiger partial charge in [-0.25, -0.2) is 27.6 Å². The molecule has 2 aromatic rings. The van der Waals surface area contributed by atoms with Gasteiger partial charge in [-0.15, -0.1) is 0 Å². The van der Waals surface area contributed by atoms with Gasteiger partial charge in [0, 0.05) is 0 Å². The lowest BCUT2D eigenvalue weighted by atomic mass is 9.93. The fourth-order valence-electron chi connectivity index (χ4n) is 3.03. The van der Waals surface area contributed by atoms with Gasteiger partial charge in [-0.3, -0.25) is 4.52 Å². The van der Waals surface area contributed by atoms with Gasteiger partial charge in [0.05, 0.1) is 12.3 Å². The lowest BCUT2D eigenvalue weighted by Gasteiger charge is -2.23. The van der Waals surface area contributed by atoms with Crippen LogP contribution in [0.4, 0.5) is 10.2 Å². The SMILES string of the molecule is CC1(F)C(c2ccc3c(N)ncnn23)OC(COP(=O)(O)OP(=O)(O)OP(=O)(O)O)C1O. The topological polar surface area (TPSA) is 245 Å². The fourth-order valence-corrected chi connectivity index (χ4v) is 6.06. The molecule has 180 valence electrons. The predicted octanol–water partition coefficient (Wildman–Crippen LogP) is 0.184. The summed E-state index contributed by atoms with van der Waals surface area (Å²) in [7, 11) is -16.8. The van der Waals surface area contributed by atoms with Crippen LogP contribution < -0.4 is 5.73 Å². The predicted molar refractivity (Wildman–Crippen MR) is 100 cm³/mol. The lowest BCUT2D eigenvalue weighted by molar-refractivity contribution is -0.0243. The van der Waals surface area contributed by atoms with Gasteiger partial charge in [-0.05, 0) is 19.1 Å². The minimum absolute atomic E-state index is 0.0922. The zero-order chi connectivity index (χ0) is 24.1. The van der Waals surface area contributed by atoms with Crippen LogP contribution in [0.2, 0.25) is 0 Å². The second kappa shape index (κ2) is 8.47. The Morgan fingerprint density at radius 2 is 1.88 bits per heavy atom. The van der Waals surface area contributed by atoms with E-state index in [-0.39, 0.29) is 11.5 Å². The van der Waals surface area contributed by atoms with E-state index in [1.54, 1.807) is 0 Å². The molecule has 0 spiro atoms. The monoisotopic (exact) mass is 522 g/mol. The molecule has 7 N–H and O–H groups in total. The summed E-state index contributed by atoms with van der Waals surface area (Å²) in [5, 5.41) is 14.2. The van der Waals surface area contributed by atoms with Crippen LogP contribution in [0.25, 0.3) is 5.52 Å². The minimum Gasteiger partial charge on any atom is -0.387 e. The molecule has 16 nitrogen and oxygen atoms in total. The van der Waals surface area contributed by atoms with Crippen molar-refractivity contribution in [1.82, 2.24) is 14.6 Å². The second-order valence-electron chi connectivity index (χ2n) is 6.74. The molecule has 2 aromatic heterocycles. The van der Waals surface area contributed by atoms with Crippen LogP contribution >= 0.6 is 23.5 Å². The molecule has 1 aliphatic heterocycles. The molecule has 0 aliphatic carbocycles. The maximum Gasteiger partial charge on any atom is 0.490 e. The average Bonchev–Trinajstić information content (AvgIpc) is 3.11. The first kappa shape index (κ1) is 25.3. The molecule has 3 heterocycles. The summed E-state index contributed by atoms with van der Waals surface area (Å²) in [5.41, 5.74) is 3.71. The third-order valence-electron chi connectivity index (χ3n) is 4.35. The molecule has 3 rings (SSSR count). The highest BCUT2D eigenvalue weighted by Crippen LogP contribution is 2.66. The Morgan fingerprint density at radius 1 is 1.22 bits per heavy atom. The van der Waals surface area contributed by atoms with E-state index < -0.39 is 54.1 Å². The Balaban J connectivity index is 1.74. The van der Waals surface area contributed by atoms with Gasteiger partial charge in [-0.2, -0.15) is 13.7 Å². The first-order valence-electron chi connectivity index (χ1n) is 8.41. The number of aliphatic hydroxyl groups excluding tert-OH is 1. The zero-order valence-electron chi connectivity index (χ0n) is 15.9. The number of nitrogens with zero attached hydrogens (tertiary/aromatic N) is 3. The van der Waals surface area contributed by atoms with Crippen molar-refractivity contribution in [3.63, 3.8) is 0 Å². The van der Waals surface area contributed by atoms with E-state index in [0.717, 1.165) is 13.3 Å². The van der Waals surface area contributed by atoms with Crippen molar-refractivity contribution < 1.29 is 60.6 Å². The number of hydrogen-bond acceptors (Lipinski definition) is 11. The smallest absolute Gasteiger partial charge is 0.387 e. The van der Waals surface area contributed by atoms with Gasteiger partial charge in [0.25, 0.3) is 0 Å². The van der Waals surface area contributed by atoms with Crippen LogP contribution in [0.15, 0.2) is 18.5 Å². The van der Waals surface area contributed by atoms with E-state index in [1.807, 2.05) is 0 Å². The van der Waals surface area contributed by atoms with Crippen molar-refractivity contribution in [3.05, 3.63) is 24.2 Å². The van der Waals surface area contributed by atoms with Crippen LogP contribution in [0.3, 0.4) is 0 Å². The van der Waals surface area contributed by atoms with Crippen LogP contribution in [0, 0.1) is 0 Å². The van der Waals surface area contributed by atoms with Crippen molar-refractivity contribution in [2.75, 3.05) is 12.3 Å². The number of aliphatic hydroxyl groups is 1. The summed E-state index contributed by atoms with van der Waals surface area (Å²) in [6.07, 6.45) is -3.84. The van der Waals surface area contributed by atoms with Crippen LogP contribution in [0.1, 0.15) is 18.7 Å². The first-order chi connectivity index (χ1) is 14.5. The lowest BCUT2D eigenvalue weighted by Crippen LogP contribution is -2.39. The number of phosphoric acid groups is 3. The molecule has 32 heavy (non-hydrogen) atoms. The molecule has 1 aliphatic rings. The number of nitrogen functional groups attached to an aromatic ring is 1. The van der Waals surface area contributed by atoms with Gasteiger partial charge in [-0.1, -0.05) is 0 Å². The first-order valence-corrected chi connectivity index (χ1v) is 12.9. The number of anilines is 1. The molecule has 6 unspecified atom stereocenters. The number of hydrogen-bond donors (Lipinski definition) is 6. The summed E-state index contributed by atoms with van der Waals surface area (Å²) in [6, 6.07) is 2.90. The van der Waals surface area contributed by atoms with Crippen LogP contribution in [-0.4, -0.2) is 63.8 Å². The second-order valence-corrected chi connectivity index (χ2v) is 11.2. The summed E-state index contributed by atoms with van der Waals surface area (Å²) in [6.45, 7) is -0.0294. The number of phosphoric ester groups is 1. The van der Waals surface area contributed by atoms with Gasteiger partial charge in [0.1, 0.15) is 30.2 Å². The number of halogens is 1. The van der Waals surface area contributed by atoms with Crippen molar-refractivity contribution >= 4 is 34.8 Å². The normalized spacial score (nSPS) is 30.3. The third kappa shape index (κ3) is 5.42. The summed E-state index contributed by atoms with van der Waals surface area (Å²) in [4.78, 5) is 39.5. The molecule has 0 saturated carbocycles. The van der Waals surface area contributed by atoms with E-state index >= 15 is 4.39 Å². The zero-order valence-corrected chi connectivity index (χ0v) is 18.6. The van der Waals surface area contributed by atoms with E-state index in [1.165, 1.54) is 16.6 Å². The number of nitrogens with two attached hydrogens (primary N) is 1. The fraction of sp³-hybridized carbons (Fsp3) is 0.500. The van der Waals surface area contributed by atoms with Gasteiger partial charge in [0.2, 0.25) is 0 Å². The van der Waals surface area contributed by atoms with Gasteiger partial charge < -0.3 is 35.2 Å². The summed E-state index contributed by atoms with van der Waals surface area (Å²) >= 11 is 0. The minimum atomic E-state index is -5.73. The van der Waals surface area contributed by atoms with Crippen LogP contribution in [-0.2, 0) is 31.6 Å². The maximum atomic E-state index is 15.3. The van der Waals surface area contributed by atoms with Crippen molar-refractivity contribution in [3.8, 4) is 0 Å². The van der Waals surface area contributed by atoms with Crippen LogP contribution in [0.5, 0.6) is 0 Å². The third-order valence-corrected chi connectivity index (χ3v) is 8.15. The number of fused-ring (bicyclic) bond motifs is 1. The van der Waals surface area contributed by atoms with E-state index in [2.05, 4.69) is 23.2 Å². The molecule has 0 aromatic carbocycles. The molecule has 6 atom stereocenters. The maximum absolute atomic E-state index is 15.3. The Hall–Kier alpha value is -1.32. The van der Waals surface area contributed by atoms with Gasteiger partial charge >= 0.3 is 23.5 Å². The number of ether oxygens (including phenoxy) is 1. The summed E-state index contributed by atoms with van der Waals surface area (Å²) in [5.74, 6) is 0.0922. The number of aromatic nitrogens is 3. The Labute approximate surface area is 178 Å². The highest BCUT2D eigenvalue weighted by molar-refractivity contribution is 7.66. The van der Waals surface area contributed by atoms with Crippen molar-refractivity contribution in [2.45, 2.75) is 30.9 Å². The molecular weight excluding hydrogens is 504 g/mol. The van der Waals surface area contributed by atoms with Gasteiger partial charge in [0.15, 0.2) is 11.5 Å². The van der Waals surface area contributed by atoms with E-state index in [4.69, 9.17) is 25.2 Å². The van der Waals surface area contributed by atoms with Crippen molar-refractivity contribution in [1.29, 1.82) is 0 Å². The molecule has 0 amide bonds. The molecule has 1 fully saturated rings. The highest BCUT2D eigenvalue weighted by Gasteiger charge is 2.56. The van der Waals surface area contributed by atoms with E-state index in [0.29, 0.717) is 5.52 Å². The standard InChI is InChI=1S/C12H18FN4O12P3/c1-12(13)9(18)8(4-26-31(22,23)29-32(24,25)28-30(19,20)21)27-10(12)6-2-3-7-11(14)15-5-16-17(6)7/h2-3,5,8-10,18H,4H2,1H3,(H,22,23)(H,24,25)(H2,14,15,16)(H2,19,20,21). The largest absolute Gasteiger partial charge is 0.490 e. The Kier molecular flexibility index (Phi) is 6.70. The average molecular weight is 522 g/mol. The molecular formula is C12H18FN4O12P3. The molecule has 1 saturated heterocycles. The highest BCUT2D eigenvalue weighted by atomic mass is 31.3. The number of alkyl halides is 1. The Morgan fingerprint density at radius 3 is 2.50 bits per heavy atom.